The zero-order chi connectivity index (χ0) is 25.7. The van der Waals surface area contributed by atoms with Gasteiger partial charge in [0.2, 0.25) is 5.91 Å². The number of nitrogens with one attached hydrogen (secondary N) is 1. The number of rotatable bonds is 9. The zero-order valence-corrected chi connectivity index (χ0v) is 23.0. The van der Waals surface area contributed by atoms with E-state index in [0.29, 0.717) is 71.7 Å². The Morgan fingerprint density at radius 1 is 1.25 bits per heavy atom. The van der Waals surface area contributed by atoms with Crippen LogP contribution in [-0.2, 0) is 9.53 Å². The van der Waals surface area contributed by atoms with Gasteiger partial charge >= 0.3 is 0 Å². The molecule has 2 aliphatic rings. The van der Waals surface area contributed by atoms with Crippen LogP contribution in [0.1, 0.15) is 37.2 Å². The minimum Gasteiger partial charge on any atom is -0.376 e. The van der Waals surface area contributed by atoms with Crippen molar-refractivity contribution >= 4 is 57.2 Å². The third-order valence-corrected chi connectivity index (χ3v) is 7.61. The topological polar surface area (TPSA) is 78.0 Å². The number of amides is 2. The number of anilines is 2. The maximum Gasteiger partial charge on any atom is 0.273 e. The summed E-state index contributed by atoms with van der Waals surface area (Å²) >= 11 is 13.5. The van der Waals surface area contributed by atoms with E-state index in [1.54, 1.807) is 28.5 Å². The molecule has 1 atom stereocenters. The van der Waals surface area contributed by atoms with E-state index >= 15 is 0 Å². The zero-order valence-electron chi connectivity index (χ0n) is 20.7. The second kappa shape index (κ2) is 12.6. The minimum atomic E-state index is -0.104. The predicted molar refractivity (Wildman–Crippen MR) is 145 cm³/mol. The third kappa shape index (κ3) is 7.32. The fourth-order valence-electron chi connectivity index (χ4n) is 4.45. The summed E-state index contributed by atoms with van der Waals surface area (Å²) in [6.07, 6.45) is 2.23. The number of ether oxygens (including phenoxy) is 1. The van der Waals surface area contributed by atoms with Gasteiger partial charge in [0.25, 0.3) is 5.91 Å². The second-order valence-corrected chi connectivity index (χ2v) is 11.4. The largest absolute Gasteiger partial charge is 0.376 e. The summed E-state index contributed by atoms with van der Waals surface area (Å²) in [5.41, 5.74) is 1.08. The van der Waals surface area contributed by atoms with Crippen molar-refractivity contribution in [2.24, 2.45) is 5.92 Å². The van der Waals surface area contributed by atoms with E-state index in [1.807, 2.05) is 4.90 Å². The third-order valence-electron chi connectivity index (χ3n) is 6.30. The van der Waals surface area contributed by atoms with Crippen LogP contribution in [0.3, 0.4) is 0 Å². The van der Waals surface area contributed by atoms with Crippen LogP contribution in [0.25, 0.3) is 0 Å². The highest BCUT2D eigenvalue weighted by Gasteiger charge is 2.28. The fraction of sp³-hybridized carbons (Fsp3) is 0.560. The molecule has 1 aromatic heterocycles. The summed E-state index contributed by atoms with van der Waals surface area (Å²) in [5, 5.41) is 6.52. The number of carbonyl (C=O) groups is 2. The number of nitrogens with zero attached hydrogens (tertiary/aromatic N) is 4. The molecule has 0 aliphatic carbocycles. The molecule has 2 saturated heterocycles. The molecule has 2 aliphatic heterocycles. The van der Waals surface area contributed by atoms with Gasteiger partial charge in [0.15, 0.2) is 5.13 Å². The van der Waals surface area contributed by atoms with E-state index in [4.69, 9.17) is 27.9 Å². The van der Waals surface area contributed by atoms with E-state index in [0.717, 1.165) is 26.0 Å². The molecule has 0 radical (unpaired) electrons. The average Bonchev–Trinajstić information content (AvgIpc) is 3.52. The van der Waals surface area contributed by atoms with Gasteiger partial charge in [0.05, 0.1) is 23.4 Å². The fourth-order valence-corrected chi connectivity index (χ4v) is 5.60. The summed E-state index contributed by atoms with van der Waals surface area (Å²) in [4.78, 5) is 36.4. The first-order valence-electron chi connectivity index (χ1n) is 12.4. The van der Waals surface area contributed by atoms with Crippen LogP contribution in [0, 0.1) is 5.92 Å². The van der Waals surface area contributed by atoms with Crippen molar-refractivity contribution in [3.63, 3.8) is 0 Å². The first kappa shape index (κ1) is 27.1. The molecule has 1 N–H and O–H groups in total. The molecule has 1 aromatic carbocycles. The molecule has 8 nitrogen and oxygen atoms in total. The summed E-state index contributed by atoms with van der Waals surface area (Å²) in [5.74, 6) is 0.431. The maximum absolute atomic E-state index is 13.1. The van der Waals surface area contributed by atoms with E-state index in [1.165, 1.54) is 11.3 Å². The Labute approximate surface area is 226 Å². The first-order chi connectivity index (χ1) is 17.3. The summed E-state index contributed by atoms with van der Waals surface area (Å²) in [6.45, 7) is 9.24. The minimum absolute atomic E-state index is 0.104. The molecular formula is C25H33Cl2N5O3S. The number of carbonyl (C=O) groups excluding carboxylic acids is 2. The lowest BCUT2D eigenvalue weighted by molar-refractivity contribution is -0.134. The number of halogens is 2. The highest BCUT2D eigenvalue weighted by molar-refractivity contribution is 7.14. The monoisotopic (exact) mass is 553 g/mol. The van der Waals surface area contributed by atoms with Crippen LogP contribution in [0.5, 0.6) is 0 Å². The van der Waals surface area contributed by atoms with Gasteiger partial charge in [-0.05, 0) is 37.0 Å². The summed E-state index contributed by atoms with van der Waals surface area (Å²) < 4.78 is 5.76. The number of hydrogen-bond acceptors (Lipinski definition) is 7. The molecule has 0 spiro atoms. The van der Waals surface area contributed by atoms with E-state index in [2.05, 4.69) is 29.0 Å². The molecule has 2 amide bonds. The number of piperazine rings is 1. The number of thiazole rings is 1. The highest BCUT2D eigenvalue weighted by Crippen LogP contribution is 2.29. The molecule has 0 bridgehead atoms. The quantitative estimate of drug-likeness (QED) is 0.488. The van der Waals surface area contributed by atoms with Crippen LogP contribution >= 0.6 is 34.5 Å². The Morgan fingerprint density at radius 2 is 2.03 bits per heavy atom. The van der Waals surface area contributed by atoms with Gasteiger partial charge < -0.3 is 19.9 Å². The van der Waals surface area contributed by atoms with Crippen LogP contribution in [0.2, 0.25) is 10.0 Å². The van der Waals surface area contributed by atoms with Crippen molar-refractivity contribution in [1.82, 2.24) is 19.7 Å². The highest BCUT2D eigenvalue weighted by atomic mass is 35.5. The molecule has 196 valence electrons. The van der Waals surface area contributed by atoms with Gasteiger partial charge in [-0.1, -0.05) is 37.0 Å². The lowest BCUT2D eigenvalue weighted by atomic mass is 10.1. The van der Waals surface area contributed by atoms with Crippen molar-refractivity contribution in [3.05, 3.63) is 39.3 Å². The molecule has 2 aromatic rings. The Balaban J connectivity index is 1.27. The molecule has 3 heterocycles. The van der Waals surface area contributed by atoms with Gasteiger partial charge in [-0.25, -0.2) is 4.98 Å². The molecule has 11 heteroatoms. The van der Waals surface area contributed by atoms with Gasteiger partial charge in [0.1, 0.15) is 5.69 Å². The second-order valence-electron chi connectivity index (χ2n) is 9.68. The molecule has 0 saturated carbocycles. The number of hydrogen-bond donors (Lipinski definition) is 1. The van der Waals surface area contributed by atoms with Crippen LogP contribution < -0.4 is 5.32 Å². The molecule has 4 rings (SSSR count). The van der Waals surface area contributed by atoms with E-state index < -0.39 is 0 Å². The standard InChI is InChI=1S/C25H33Cl2N5O3S/c1-17(2)13-32(14-19-4-3-11-35-19)23(33)15-30-7-9-31(10-8-30)24(34)22-16-36-25(29-22)28-21-6-5-18(26)12-20(21)27/h5-6,12,16-17,19H,3-4,7-11,13-15H2,1-2H3,(H,28,29). The lowest BCUT2D eigenvalue weighted by Gasteiger charge is -2.35. The Hall–Kier alpha value is -1.91. The normalized spacial score (nSPS) is 18.6. The van der Waals surface area contributed by atoms with Gasteiger partial charge in [0, 0.05) is 56.3 Å². The van der Waals surface area contributed by atoms with Crippen molar-refractivity contribution in [1.29, 1.82) is 0 Å². The van der Waals surface area contributed by atoms with Crippen LogP contribution in [-0.4, -0.2) is 90.0 Å². The number of aromatic nitrogens is 1. The van der Waals surface area contributed by atoms with Gasteiger partial charge in [-0.3, -0.25) is 14.5 Å². The van der Waals surface area contributed by atoms with Crippen LogP contribution in [0.4, 0.5) is 10.8 Å². The Morgan fingerprint density at radius 3 is 2.69 bits per heavy atom. The Bertz CT molecular complexity index is 1050. The summed E-state index contributed by atoms with van der Waals surface area (Å²) in [7, 11) is 0. The smallest absolute Gasteiger partial charge is 0.273 e. The summed E-state index contributed by atoms with van der Waals surface area (Å²) in [6, 6.07) is 5.17. The molecule has 1 unspecified atom stereocenters. The van der Waals surface area contributed by atoms with Gasteiger partial charge in [-0.15, -0.1) is 11.3 Å². The molecular weight excluding hydrogens is 521 g/mol. The SMILES string of the molecule is CC(C)CN(CC1CCCO1)C(=O)CN1CCN(C(=O)c2csc(Nc3ccc(Cl)cc3Cl)n2)CC1. The first-order valence-corrected chi connectivity index (χ1v) is 14.0. The maximum atomic E-state index is 13.1. The van der Waals surface area contributed by atoms with E-state index in [-0.39, 0.29) is 17.9 Å². The average molecular weight is 555 g/mol. The molecule has 36 heavy (non-hydrogen) atoms. The van der Waals surface area contributed by atoms with Crippen molar-refractivity contribution < 1.29 is 14.3 Å². The lowest BCUT2D eigenvalue weighted by Crippen LogP contribution is -2.52. The van der Waals surface area contributed by atoms with Crippen LogP contribution in [0.15, 0.2) is 23.6 Å². The van der Waals surface area contributed by atoms with Gasteiger partial charge in [-0.2, -0.15) is 0 Å². The number of benzene rings is 1. The van der Waals surface area contributed by atoms with Crippen molar-refractivity contribution in [2.45, 2.75) is 32.8 Å². The van der Waals surface area contributed by atoms with Crippen molar-refractivity contribution in [3.8, 4) is 0 Å². The molecule has 2 fully saturated rings. The van der Waals surface area contributed by atoms with Crippen molar-refractivity contribution in [2.75, 3.05) is 57.7 Å². The van der Waals surface area contributed by atoms with E-state index in [9.17, 15) is 9.59 Å². The predicted octanol–water partition coefficient (Wildman–Crippen LogP) is 4.61. The Kier molecular flexibility index (Phi) is 9.47.